The van der Waals surface area contributed by atoms with E-state index in [4.69, 9.17) is 14.5 Å². The van der Waals surface area contributed by atoms with Crippen LogP contribution in [0.4, 0.5) is 16.4 Å². The number of aromatic nitrogens is 4. The van der Waals surface area contributed by atoms with Gasteiger partial charge in [-0.25, -0.2) is 14.8 Å². The van der Waals surface area contributed by atoms with E-state index in [0.717, 1.165) is 51.8 Å². The highest BCUT2D eigenvalue weighted by Crippen LogP contribution is 2.32. The number of fused-ring (bicyclic) bond motifs is 1. The van der Waals surface area contributed by atoms with E-state index < -0.39 is 5.60 Å². The molecule has 1 amide bonds. The van der Waals surface area contributed by atoms with Crippen LogP contribution in [0, 0.1) is 0 Å². The van der Waals surface area contributed by atoms with E-state index in [1.165, 1.54) is 5.56 Å². The molecule has 10 heteroatoms. The number of rotatable bonds is 6. The Morgan fingerprint density at radius 3 is 2.61 bits per heavy atom. The molecule has 0 unspecified atom stereocenters. The summed E-state index contributed by atoms with van der Waals surface area (Å²) in [6.07, 6.45) is 5.55. The molecule has 0 aliphatic carbocycles. The Labute approximate surface area is 230 Å². The lowest BCUT2D eigenvalue weighted by atomic mass is 10.1. The minimum Gasteiger partial charge on any atom is -0.489 e. The molecule has 0 saturated carbocycles. The molecule has 0 radical (unpaired) electrons. The zero-order chi connectivity index (χ0) is 26.7. The molecule has 9 nitrogen and oxygen atoms in total. The number of benzene rings is 2. The number of piperidine rings is 1. The van der Waals surface area contributed by atoms with Crippen molar-refractivity contribution in [3.63, 3.8) is 0 Å². The second-order valence-electron chi connectivity index (χ2n) is 10.4. The van der Waals surface area contributed by atoms with Crippen LogP contribution in [0.5, 0.6) is 5.75 Å². The van der Waals surface area contributed by atoms with Crippen LogP contribution in [-0.4, -0.2) is 56.0 Å². The van der Waals surface area contributed by atoms with Crippen LogP contribution in [-0.2, 0) is 11.2 Å². The molecule has 1 aliphatic rings. The highest BCUT2D eigenvalue weighted by atomic mass is 79.9. The van der Waals surface area contributed by atoms with Gasteiger partial charge in [0.15, 0.2) is 0 Å². The van der Waals surface area contributed by atoms with Gasteiger partial charge in [0.25, 0.3) is 0 Å². The molecule has 1 fully saturated rings. The largest absolute Gasteiger partial charge is 0.489 e. The maximum absolute atomic E-state index is 12.4. The summed E-state index contributed by atoms with van der Waals surface area (Å²) in [5.41, 5.74) is 3.44. The molecular formula is C28H31BrN6O3. The molecule has 198 valence electrons. The Morgan fingerprint density at radius 1 is 1.16 bits per heavy atom. The number of likely N-dealkylation sites (tertiary alicyclic amines) is 1. The number of halogens is 1. The fourth-order valence-electron chi connectivity index (χ4n) is 4.28. The standard InChI is InChI=1S/C28H31BrN6O3/c1-28(2,3)38-27(36)35-12-9-22(10-13-35)37-25-16-24-19(15-23(25)29)17-30-26(33-24)32-20-6-4-18(5-7-20)14-21-8-11-31-34-21/h4-8,11,15-17,22H,9-10,12-14H2,1-3H3,(H,31,34)(H,30,32,33). The van der Waals surface area contributed by atoms with Crippen molar-refractivity contribution in [1.82, 2.24) is 25.1 Å². The number of H-pyrrole nitrogens is 1. The summed E-state index contributed by atoms with van der Waals surface area (Å²) < 4.78 is 12.7. The Balaban J connectivity index is 1.22. The van der Waals surface area contributed by atoms with Crippen LogP contribution in [0.15, 0.2) is 59.3 Å². The van der Waals surface area contributed by atoms with E-state index in [1.54, 1.807) is 17.3 Å². The third-order valence-electron chi connectivity index (χ3n) is 6.18. The third kappa shape index (κ3) is 6.61. The maximum Gasteiger partial charge on any atom is 0.410 e. The van der Waals surface area contributed by atoms with Gasteiger partial charge in [0, 0.05) is 67.6 Å². The van der Waals surface area contributed by atoms with Gasteiger partial charge in [-0.3, -0.25) is 5.10 Å². The number of hydrogen-bond acceptors (Lipinski definition) is 7. The Hall–Kier alpha value is -3.66. The predicted molar refractivity (Wildman–Crippen MR) is 150 cm³/mol. The number of hydrogen-bond donors (Lipinski definition) is 2. The molecule has 2 aromatic heterocycles. The number of carbonyl (C=O) groups excluding carboxylic acids is 1. The van der Waals surface area contributed by atoms with Crippen molar-refractivity contribution < 1.29 is 14.3 Å². The van der Waals surface area contributed by atoms with E-state index in [1.807, 2.05) is 51.1 Å². The van der Waals surface area contributed by atoms with Crippen molar-refractivity contribution in [3.8, 4) is 5.75 Å². The minimum absolute atomic E-state index is 0.00198. The van der Waals surface area contributed by atoms with Gasteiger partial charge >= 0.3 is 6.09 Å². The summed E-state index contributed by atoms with van der Waals surface area (Å²) in [7, 11) is 0. The molecule has 1 aliphatic heterocycles. The molecule has 2 N–H and O–H groups in total. The summed E-state index contributed by atoms with van der Waals surface area (Å²) in [4.78, 5) is 23.3. The van der Waals surface area contributed by atoms with Gasteiger partial charge in [-0.15, -0.1) is 0 Å². The first kappa shape index (κ1) is 26.0. The summed E-state index contributed by atoms with van der Waals surface area (Å²) in [6, 6.07) is 14.0. The Bertz CT molecular complexity index is 1390. The van der Waals surface area contributed by atoms with Gasteiger partial charge in [0.2, 0.25) is 5.95 Å². The van der Waals surface area contributed by atoms with Gasteiger partial charge in [0.1, 0.15) is 17.5 Å². The molecular weight excluding hydrogens is 548 g/mol. The number of ether oxygens (including phenoxy) is 2. The molecule has 4 aromatic rings. The molecule has 0 bridgehead atoms. The molecule has 3 heterocycles. The van der Waals surface area contributed by atoms with E-state index >= 15 is 0 Å². The Kier molecular flexibility index (Phi) is 7.51. The molecule has 0 atom stereocenters. The quantitative estimate of drug-likeness (QED) is 0.279. The number of nitrogens with one attached hydrogen (secondary N) is 2. The summed E-state index contributed by atoms with van der Waals surface area (Å²) >= 11 is 3.63. The van der Waals surface area contributed by atoms with Crippen LogP contribution in [0.3, 0.4) is 0 Å². The normalized spacial score (nSPS) is 14.5. The van der Waals surface area contributed by atoms with E-state index in [-0.39, 0.29) is 12.2 Å². The van der Waals surface area contributed by atoms with Crippen molar-refractivity contribution in [1.29, 1.82) is 0 Å². The fourth-order valence-corrected chi connectivity index (χ4v) is 4.74. The first-order valence-electron chi connectivity index (χ1n) is 12.7. The summed E-state index contributed by atoms with van der Waals surface area (Å²) in [6.45, 7) is 6.83. The van der Waals surface area contributed by atoms with Crippen molar-refractivity contribution >= 4 is 44.6 Å². The molecule has 5 rings (SSSR count). The summed E-state index contributed by atoms with van der Waals surface area (Å²) in [5.74, 6) is 1.23. The lowest BCUT2D eigenvalue weighted by molar-refractivity contribution is 0.0126. The second-order valence-corrected chi connectivity index (χ2v) is 11.3. The highest BCUT2D eigenvalue weighted by molar-refractivity contribution is 9.10. The number of carbonyl (C=O) groups is 1. The highest BCUT2D eigenvalue weighted by Gasteiger charge is 2.28. The zero-order valence-electron chi connectivity index (χ0n) is 21.7. The zero-order valence-corrected chi connectivity index (χ0v) is 23.3. The summed E-state index contributed by atoms with van der Waals surface area (Å²) in [5, 5.41) is 11.2. The first-order valence-corrected chi connectivity index (χ1v) is 13.5. The second kappa shape index (κ2) is 11.0. The van der Waals surface area contributed by atoms with E-state index in [2.05, 4.69) is 48.6 Å². The lowest BCUT2D eigenvalue weighted by Gasteiger charge is -2.33. The van der Waals surface area contributed by atoms with Crippen molar-refractivity contribution in [3.05, 3.63) is 70.6 Å². The fraction of sp³-hybridized carbons (Fsp3) is 0.357. The first-order chi connectivity index (χ1) is 18.2. The van der Waals surface area contributed by atoms with Gasteiger partial charge < -0.3 is 19.7 Å². The smallest absolute Gasteiger partial charge is 0.410 e. The minimum atomic E-state index is -0.500. The van der Waals surface area contributed by atoms with Crippen LogP contribution >= 0.6 is 15.9 Å². The van der Waals surface area contributed by atoms with Gasteiger partial charge in [-0.1, -0.05) is 12.1 Å². The van der Waals surface area contributed by atoms with Crippen molar-refractivity contribution in [2.45, 2.75) is 51.7 Å². The molecule has 1 saturated heterocycles. The van der Waals surface area contributed by atoms with Crippen LogP contribution < -0.4 is 10.1 Å². The van der Waals surface area contributed by atoms with Crippen LogP contribution in [0.1, 0.15) is 44.9 Å². The van der Waals surface area contributed by atoms with Crippen LogP contribution in [0.25, 0.3) is 10.9 Å². The lowest BCUT2D eigenvalue weighted by Crippen LogP contribution is -2.44. The molecule has 38 heavy (non-hydrogen) atoms. The number of aromatic amines is 1. The van der Waals surface area contributed by atoms with E-state index in [0.29, 0.717) is 19.0 Å². The topological polar surface area (TPSA) is 105 Å². The van der Waals surface area contributed by atoms with Gasteiger partial charge in [-0.05, 0) is 66.5 Å². The number of amides is 1. The molecule has 0 spiro atoms. The Morgan fingerprint density at radius 2 is 1.92 bits per heavy atom. The van der Waals surface area contributed by atoms with E-state index in [9.17, 15) is 4.79 Å². The predicted octanol–water partition coefficient (Wildman–Crippen LogP) is 6.23. The average molecular weight is 579 g/mol. The van der Waals surface area contributed by atoms with Gasteiger partial charge in [0.05, 0.1) is 9.99 Å². The number of nitrogens with zero attached hydrogens (tertiary/aromatic N) is 4. The monoisotopic (exact) mass is 578 g/mol. The van der Waals surface area contributed by atoms with Gasteiger partial charge in [-0.2, -0.15) is 5.10 Å². The maximum atomic E-state index is 12.4. The van der Waals surface area contributed by atoms with Crippen molar-refractivity contribution in [2.24, 2.45) is 0 Å². The van der Waals surface area contributed by atoms with Crippen molar-refractivity contribution in [2.75, 3.05) is 18.4 Å². The molecule has 2 aromatic carbocycles. The SMILES string of the molecule is CC(C)(C)OC(=O)N1CCC(Oc2cc3nc(Nc4ccc(Cc5ccn[nH]5)cc4)ncc3cc2Br)CC1. The third-order valence-corrected chi connectivity index (χ3v) is 6.80. The van der Waals surface area contributed by atoms with Crippen LogP contribution in [0.2, 0.25) is 0 Å². The average Bonchev–Trinajstić information content (AvgIpc) is 3.38. The number of anilines is 2.